The number of hydrogen-bond acceptors (Lipinski definition) is 4. The topological polar surface area (TPSA) is 55.8 Å². The highest BCUT2D eigenvalue weighted by atomic mass is 16.6. The molecule has 4 heteroatoms. The number of aliphatic hydroxyl groups is 1. The Morgan fingerprint density at radius 1 is 1.40 bits per heavy atom. The van der Waals surface area contributed by atoms with Gasteiger partial charge in [-0.1, -0.05) is 13.2 Å². The lowest BCUT2D eigenvalue weighted by molar-refractivity contribution is -0.152. The molecule has 0 aliphatic heterocycles. The van der Waals surface area contributed by atoms with Crippen LogP contribution in [0.1, 0.15) is 20.8 Å². The Balaban J connectivity index is 3.85. The molecule has 0 aromatic heterocycles. The molecule has 4 nitrogen and oxygen atoms in total. The standard InChI is InChI=1S/C11H18O4/c1-7(2)10(12)14-6-9(5)15-11(13)8(3)4/h9,11,13H,1,3,6H2,2,4-5H3. The Labute approximate surface area is 90.2 Å². The first-order chi connectivity index (χ1) is 6.84. The van der Waals surface area contributed by atoms with Gasteiger partial charge in [-0.05, 0) is 26.3 Å². The van der Waals surface area contributed by atoms with E-state index in [0.717, 1.165) is 0 Å². The monoisotopic (exact) mass is 214 g/mol. The first-order valence-corrected chi connectivity index (χ1v) is 4.66. The number of carbonyl (C=O) groups excluding carboxylic acids is 1. The normalized spacial score (nSPS) is 14.1. The Bertz CT molecular complexity index is 257. The van der Waals surface area contributed by atoms with Crippen molar-refractivity contribution in [3.05, 3.63) is 24.3 Å². The predicted molar refractivity (Wildman–Crippen MR) is 57.1 cm³/mol. The fraction of sp³-hybridized carbons (Fsp3) is 0.545. The van der Waals surface area contributed by atoms with Gasteiger partial charge < -0.3 is 14.6 Å². The molecule has 0 aromatic carbocycles. The number of ether oxygens (including phenoxy) is 2. The fourth-order valence-electron chi connectivity index (χ4n) is 0.692. The Morgan fingerprint density at radius 3 is 2.33 bits per heavy atom. The molecule has 0 heterocycles. The number of hydrogen-bond donors (Lipinski definition) is 1. The summed E-state index contributed by atoms with van der Waals surface area (Å²) in [5.41, 5.74) is 0.843. The van der Waals surface area contributed by atoms with Crippen molar-refractivity contribution >= 4 is 5.97 Å². The molecule has 0 aliphatic rings. The lowest BCUT2D eigenvalue weighted by Gasteiger charge is -2.18. The van der Waals surface area contributed by atoms with Gasteiger partial charge in [0.15, 0.2) is 6.29 Å². The molecule has 0 aliphatic carbocycles. The molecule has 0 spiro atoms. The van der Waals surface area contributed by atoms with Crippen molar-refractivity contribution < 1.29 is 19.4 Å². The van der Waals surface area contributed by atoms with Crippen LogP contribution in [0.5, 0.6) is 0 Å². The number of esters is 1. The highest BCUT2D eigenvalue weighted by Gasteiger charge is 2.12. The van der Waals surface area contributed by atoms with Gasteiger partial charge in [-0.25, -0.2) is 4.79 Å². The van der Waals surface area contributed by atoms with Crippen LogP contribution in [0.15, 0.2) is 24.3 Å². The van der Waals surface area contributed by atoms with Crippen molar-refractivity contribution in [2.45, 2.75) is 33.2 Å². The van der Waals surface area contributed by atoms with Gasteiger partial charge in [0.05, 0.1) is 6.10 Å². The molecule has 0 radical (unpaired) electrons. The zero-order valence-electron chi connectivity index (χ0n) is 9.45. The van der Waals surface area contributed by atoms with Crippen molar-refractivity contribution in [3.8, 4) is 0 Å². The maximum atomic E-state index is 11.0. The second kappa shape index (κ2) is 6.37. The van der Waals surface area contributed by atoms with E-state index in [4.69, 9.17) is 9.47 Å². The summed E-state index contributed by atoms with van der Waals surface area (Å²) in [5, 5.41) is 9.29. The van der Waals surface area contributed by atoms with Gasteiger partial charge in [-0.2, -0.15) is 0 Å². The van der Waals surface area contributed by atoms with Gasteiger partial charge >= 0.3 is 5.97 Å². The molecule has 0 fully saturated rings. The van der Waals surface area contributed by atoms with Gasteiger partial charge in [-0.3, -0.25) is 0 Å². The molecule has 86 valence electrons. The highest BCUT2D eigenvalue weighted by Crippen LogP contribution is 2.04. The third-order valence-corrected chi connectivity index (χ3v) is 1.58. The minimum atomic E-state index is -1.02. The molecular formula is C11H18O4. The first-order valence-electron chi connectivity index (χ1n) is 4.66. The van der Waals surface area contributed by atoms with Crippen LogP contribution in [0, 0.1) is 0 Å². The van der Waals surface area contributed by atoms with Crippen LogP contribution in [-0.2, 0) is 14.3 Å². The van der Waals surface area contributed by atoms with E-state index in [1.807, 2.05) is 0 Å². The van der Waals surface area contributed by atoms with E-state index in [1.54, 1.807) is 20.8 Å². The maximum Gasteiger partial charge on any atom is 0.333 e. The van der Waals surface area contributed by atoms with Gasteiger partial charge in [0, 0.05) is 5.57 Å². The van der Waals surface area contributed by atoms with Gasteiger partial charge in [0.2, 0.25) is 0 Å². The van der Waals surface area contributed by atoms with Crippen molar-refractivity contribution in [1.82, 2.24) is 0 Å². The van der Waals surface area contributed by atoms with E-state index >= 15 is 0 Å². The van der Waals surface area contributed by atoms with Gasteiger partial charge in [-0.15, -0.1) is 0 Å². The van der Waals surface area contributed by atoms with Gasteiger partial charge in [0.25, 0.3) is 0 Å². The minimum Gasteiger partial charge on any atom is -0.460 e. The smallest absolute Gasteiger partial charge is 0.333 e. The summed E-state index contributed by atoms with van der Waals surface area (Å²) in [4.78, 5) is 11.0. The molecule has 0 amide bonds. The fourth-order valence-corrected chi connectivity index (χ4v) is 0.692. The van der Waals surface area contributed by atoms with E-state index in [9.17, 15) is 9.90 Å². The first kappa shape index (κ1) is 13.9. The summed E-state index contributed by atoms with van der Waals surface area (Å²) in [7, 11) is 0. The Morgan fingerprint density at radius 2 is 1.93 bits per heavy atom. The molecule has 0 saturated heterocycles. The van der Waals surface area contributed by atoms with Crippen LogP contribution in [0.4, 0.5) is 0 Å². The molecule has 0 rings (SSSR count). The van der Waals surface area contributed by atoms with Crippen LogP contribution in [0.3, 0.4) is 0 Å². The van der Waals surface area contributed by atoms with Crippen LogP contribution < -0.4 is 0 Å². The lowest BCUT2D eigenvalue weighted by Crippen LogP contribution is -2.25. The maximum absolute atomic E-state index is 11.0. The average molecular weight is 214 g/mol. The summed E-state index contributed by atoms with van der Waals surface area (Å²) < 4.78 is 9.93. The zero-order chi connectivity index (χ0) is 12.0. The second-order valence-electron chi connectivity index (χ2n) is 3.52. The average Bonchev–Trinajstić information content (AvgIpc) is 2.13. The van der Waals surface area contributed by atoms with E-state index < -0.39 is 12.3 Å². The van der Waals surface area contributed by atoms with E-state index in [1.165, 1.54) is 0 Å². The Hall–Kier alpha value is -1.13. The van der Waals surface area contributed by atoms with Crippen LogP contribution in [-0.4, -0.2) is 30.1 Å². The van der Waals surface area contributed by atoms with E-state index in [0.29, 0.717) is 11.1 Å². The zero-order valence-corrected chi connectivity index (χ0v) is 9.45. The summed E-state index contributed by atoms with van der Waals surface area (Å²) in [6.07, 6.45) is -1.41. The largest absolute Gasteiger partial charge is 0.460 e. The number of rotatable bonds is 6. The SMILES string of the molecule is C=C(C)C(=O)OCC(C)OC(O)C(=C)C. The van der Waals surface area contributed by atoms with Crippen molar-refractivity contribution in [2.75, 3.05) is 6.61 Å². The van der Waals surface area contributed by atoms with Crippen LogP contribution in [0.25, 0.3) is 0 Å². The minimum absolute atomic E-state index is 0.0794. The van der Waals surface area contributed by atoms with Crippen LogP contribution in [0.2, 0.25) is 0 Å². The highest BCUT2D eigenvalue weighted by molar-refractivity contribution is 5.86. The Kier molecular flexibility index (Phi) is 5.89. The van der Waals surface area contributed by atoms with Crippen LogP contribution >= 0.6 is 0 Å². The molecule has 0 bridgehead atoms. The van der Waals surface area contributed by atoms with E-state index in [-0.39, 0.29) is 12.7 Å². The molecule has 15 heavy (non-hydrogen) atoms. The predicted octanol–water partition coefficient (Wildman–Crippen LogP) is 1.41. The van der Waals surface area contributed by atoms with Gasteiger partial charge in [0.1, 0.15) is 6.61 Å². The third kappa shape index (κ3) is 6.04. The van der Waals surface area contributed by atoms with Crippen molar-refractivity contribution in [1.29, 1.82) is 0 Å². The summed E-state index contributed by atoms with van der Waals surface area (Å²) in [5.74, 6) is -0.463. The lowest BCUT2D eigenvalue weighted by atomic mass is 10.3. The number of carbonyl (C=O) groups is 1. The summed E-state index contributed by atoms with van der Waals surface area (Å²) in [6, 6.07) is 0. The molecule has 0 saturated carbocycles. The number of aliphatic hydroxyl groups excluding tert-OH is 1. The molecule has 2 atom stereocenters. The molecule has 1 N–H and O–H groups in total. The summed E-state index contributed by atoms with van der Waals surface area (Å²) in [6.45, 7) is 12.0. The van der Waals surface area contributed by atoms with Crippen molar-refractivity contribution in [2.24, 2.45) is 0 Å². The second-order valence-corrected chi connectivity index (χ2v) is 3.52. The molecule has 2 unspecified atom stereocenters. The molecule has 0 aromatic rings. The van der Waals surface area contributed by atoms with Crippen molar-refractivity contribution in [3.63, 3.8) is 0 Å². The molecular weight excluding hydrogens is 196 g/mol. The third-order valence-electron chi connectivity index (χ3n) is 1.58. The summed E-state index contributed by atoms with van der Waals surface area (Å²) >= 11 is 0. The van der Waals surface area contributed by atoms with E-state index in [2.05, 4.69) is 13.2 Å². The quantitative estimate of drug-likeness (QED) is 0.314.